The van der Waals surface area contributed by atoms with E-state index in [1.165, 1.54) is 16.7 Å². The van der Waals surface area contributed by atoms with Crippen molar-refractivity contribution in [2.75, 3.05) is 13.2 Å². The molecule has 1 fully saturated rings. The van der Waals surface area contributed by atoms with Gasteiger partial charge in [0.05, 0.1) is 19.5 Å². The molecule has 34 heavy (non-hydrogen) atoms. The van der Waals surface area contributed by atoms with Crippen LogP contribution >= 0.6 is 11.6 Å². The summed E-state index contributed by atoms with van der Waals surface area (Å²) in [4.78, 5) is 12.6. The fourth-order valence-electron chi connectivity index (χ4n) is 4.67. The number of fused-ring (bicyclic) bond motifs is 1. The summed E-state index contributed by atoms with van der Waals surface area (Å²) >= 11 is 6.15. The zero-order valence-corrected chi connectivity index (χ0v) is 21.1. The Hall–Kier alpha value is -2.62. The number of hydrogen-bond donors (Lipinski definition) is 0. The van der Waals surface area contributed by atoms with Gasteiger partial charge in [-0.25, -0.2) is 15.0 Å². The first-order chi connectivity index (χ1) is 16.4. The quantitative estimate of drug-likeness (QED) is 0.299. The Morgan fingerprint density at radius 2 is 1.65 bits per heavy atom. The molecule has 2 aromatic carbocycles. The highest BCUT2D eigenvalue weighted by Crippen LogP contribution is 2.37. The normalized spacial score (nSPS) is 19.1. The van der Waals surface area contributed by atoms with Gasteiger partial charge in [0.1, 0.15) is 11.8 Å². The highest BCUT2D eigenvalue weighted by Gasteiger charge is 2.50. The van der Waals surface area contributed by atoms with Crippen molar-refractivity contribution in [2.24, 2.45) is 0 Å². The molecule has 0 aliphatic carbocycles. The van der Waals surface area contributed by atoms with Gasteiger partial charge in [0.2, 0.25) is 0 Å². The van der Waals surface area contributed by atoms with E-state index in [4.69, 9.17) is 25.5 Å². The van der Waals surface area contributed by atoms with Crippen LogP contribution in [0.4, 0.5) is 0 Å². The summed E-state index contributed by atoms with van der Waals surface area (Å²) in [6, 6.07) is 21.1. The van der Waals surface area contributed by atoms with Gasteiger partial charge in [-0.15, -0.1) is 0 Å². The Balaban J connectivity index is 1.42. The maximum absolute atomic E-state index is 6.94. The second-order valence-corrected chi connectivity index (χ2v) is 14.0. The van der Waals surface area contributed by atoms with Crippen LogP contribution in [0.15, 0.2) is 73.3 Å². The number of hydrogen-bond acceptors (Lipinski definition) is 6. The SMILES string of the molecule is CC(C)(C)[Si](OC[C@@H]1OC[C@H](n2cnc3c(Cl)ncnc32)O1)(c1ccccc1)c1ccccc1. The minimum Gasteiger partial charge on any atom is -0.402 e. The second-order valence-electron chi connectivity index (χ2n) is 9.32. The van der Waals surface area contributed by atoms with E-state index in [0.717, 1.165) is 0 Å². The molecule has 0 saturated carbocycles. The summed E-state index contributed by atoms with van der Waals surface area (Å²) in [7, 11) is -2.67. The van der Waals surface area contributed by atoms with Crippen molar-refractivity contribution >= 4 is 41.5 Å². The lowest BCUT2D eigenvalue weighted by atomic mass is 10.2. The molecule has 0 bridgehead atoms. The van der Waals surface area contributed by atoms with Gasteiger partial charge in [0.25, 0.3) is 8.32 Å². The van der Waals surface area contributed by atoms with Gasteiger partial charge in [0, 0.05) is 0 Å². The van der Waals surface area contributed by atoms with Crippen LogP contribution in [0.25, 0.3) is 11.2 Å². The summed E-state index contributed by atoms with van der Waals surface area (Å²) < 4.78 is 21.0. The molecule has 176 valence electrons. The highest BCUT2D eigenvalue weighted by molar-refractivity contribution is 6.99. The predicted molar refractivity (Wildman–Crippen MR) is 134 cm³/mol. The summed E-state index contributed by atoms with van der Waals surface area (Å²) in [5.41, 5.74) is 1.15. The molecule has 2 atom stereocenters. The van der Waals surface area contributed by atoms with Gasteiger partial charge in [-0.2, -0.15) is 0 Å². The third kappa shape index (κ3) is 4.06. The van der Waals surface area contributed by atoms with Crippen LogP contribution in [-0.4, -0.2) is 47.3 Å². The third-order valence-electron chi connectivity index (χ3n) is 6.21. The van der Waals surface area contributed by atoms with Crippen LogP contribution in [0, 0.1) is 0 Å². The first kappa shape index (κ1) is 23.1. The number of halogens is 1. The van der Waals surface area contributed by atoms with Crippen molar-refractivity contribution < 1.29 is 13.9 Å². The predicted octanol–water partition coefficient (Wildman–Crippen LogP) is 3.93. The number of rotatable bonds is 6. The zero-order chi connectivity index (χ0) is 23.8. The fraction of sp³-hybridized carbons (Fsp3) is 0.320. The molecular formula is C25H27ClN4O3Si. The maximum Gasteiger partial charge on any atom is 0.261 e. The Labute approximate surface area is 204 Å². The van der Waals surface area contributed by atoms with Crippen molar-refractivity contribution in [1.29, 1.82) is 0 Å². The molecular weight excluding hydrogens is 468 g/mol. The standard InChI is InChI=1S/C25H27ClN4O3Si/c1-25(2,3)34(18-10-6-4-7-11-18,19-12-8-5-9-13-19)32-15-21-31-14-20(33-21)30-17-29-22-23(26)27-16-28-24(22)30/h4-13,16-17,20-21H,14-15H2,1-3H3/t20-,21-/m1/s1. The number of benzene rings is 2. The molecule has 0 N–H and O–H groups in total. The molecule has 0 radical (unpaired) electrons. The first-order valence-electron chi connectivity index (χ1n) is 11.3. The van der Waals surface area contributed by atoms with Crippen LogP contribution in [0.3, 0.4) is 0 Å². The van der Waals surface area contributed by atoms with Gasteiger partial charge >= 0.3 is 0 Å². The van der Waals surface area contributed by atoms with Gasteiger partial charge in [-0.3, -0.25) is 4.57 Å². The molecule has 7 nitrogen and oxygen atoms in total. The molecule has 1 aliphatic heterocycles. The van der Waals surface area contributed by atoms with Crippen molar-refractivity contribution in [1.82, 2.24) is 19.5 Å². The first-order valence-corrected chi connectivity index (χ1v) is 13.5. The summed E-state index contributed by atoms with van der Waals surface area (Å²) in [6.45, 7) is 7.42. The van der Waals surface area contributed by atoms with Gasteiger partial charge in [-0.1, -0.05) is 93.0 Å². The second kappa shape index (κ2) is 9.20. The molecule has 0 spiro atoms. The lowest BCUT2D eigenvalue weighted by Crippen LogP contribution is -2.67. The molecule has 3 heterocycles. The number of nitrogens with zero attached hydrogens (tertiary/aromatic N) is 4. The molecule has 5 rings (SSSR count). The molecule has 9 heteroatoms. The summed E-state index contributed by atoms with van der Waals surface area (Å²) in [5, 5.41) is 2.63. The molecule has 0 unspecified atom stereocenters. The largest absolute Gasteiger partial charge is 0.402 e. The molecule has 1 saturated heterocycles. The van der Waals surface area contributed by atoms with Gasteiger partial charge < -0.3 is 13.9 Å². The van der Waals surface area contributed by atoms with Crippen LogP contribution in [-0.2, 0) is 13.9 Å². The van der Waals surface area contributed by atoms with Crippen molar-refractivity contribution in [2.45, 2.75) is 38.3 Å². The van der Waals surface area contributed by atoms with E-state index in [-0.39, 0.29) is 11.3 Å². The van der Waals surface area contributed by atoms with E-state index >= 15 is 0 Å². The number of aromatic nitrogens is 4. The number of ether oxygens (including phenoxy) is 2. The van der Waals surface area contributed by atoms with E-state index < -0.39 is 14.6 Å². The summed E-state index contributed by atoms with van der Waals surface area (Å²) in [6.07, 6.45) is 2.19. The average Bonchev–Trinajstić information content (AvgIpc) is 3.48. The fourth-order valence-corrected chi connectivity index (χ4v) is 9.38. The van der Waals surface area contributed by atoms with Crippen molar-refractivity contribution in [3.8, 4) is 0 Å². The highest BCUT2D eigenvalue weighted by atomic mass is 35.5. The zero-order valence-electron chi connectivity index (χ0n) is 19.4. The molecule has 2 aromatic heterocycles. The van der Waals surface area contributed by atoms with Gasteiger partial charge in [0.15, 0.2) is 23.3 Å². The minimum absolute atomic E-state index is 0.123. The Morgan fingerprint density at radius 1 is 1.00 bits per heavy atom. The van der Waals surface area contributed by atoms with E-state index in [0.29, 0.717) is 29.5 Å². The molecule has 1 aliphatic rings. The Kier molecular flexibility index (Phi) is 6.26. The smallest absolute Gasteiger partial charge is 0.261 e. The molecule has 0 amide bonds. The van der Waals surface area contributed by atoms with Crippen LogP contribution in [0.5, 0.6) is 0 Å². The van der Waals surface area contributed by atoms with E-state index in [1.54, 1.807) is 6.33 Å². The third-order valence-corrected chi connectivity index (χ3v) is 11.5. The molecule has 4 aromatic rings. The Morgan fingerprint density at radius 3 is 2.26 bits per heavy atom. The lowest BCUT2D eigenvalue weighted by Gasteiger charge is -2.43. The van der Waals surface area contributed by atoms with Crippen molar-refractivity contribution in [3.63, 3.8) is 0 Å². The summed E-state index contributed by atoms with van der Waals surface area (Å²) in [5.74, 6) is 0. The van der Waals surface area contributed by atoms with E-state index in [2.05, 4.69) is 84.3 Å². The topological polar surface area (TPSA) is 71.3 Å². The van der Waals surface area contributed by atoms with Crippen LogP contribution in [0.2, 0.25) is 10.2 Å². The number of imidazole rings is 1. The van der Waals surface area contributed by atoms with E-state index in [1.807, 2.05) is 16.7 Å². The van der Waals surface area contributed by atoms with Crippen LogP contribution in [0.1, 0.15) is 27.0 Å². The Bertz CT molecular complexity index is 1220. The van der Waals surface area contributed by atoms with Gasteiger partial charge in [-0.05, 0) is 15.4 Å². The van der Waals surface area contributed by atoms with E-state index in [9.17, 15) is 0 Å². The van der Waals surface area contributed by atoms with Crippen molar-refractivity contribution in [3.05, 3.63) is 78.5 Å². The minimum atomic E-state index is -2.67. The monoisotopic (exact) mass is 494 g/mol. The average molecular weight is 495 g/mol. The maximum atomic E-state index is 6.94. The lowest BCUT2D eigenvalue weighted by molar-refractivity contribution is -0.0943. The van der Waals surface area contributed by atoms with Crippen LogP contribution < -0.4 is 10.4 Å².